The van der Waals surface area contributed by atoms with Crippen LogP contribution in [-0.4, -0.2) is 40.6 Å². The van der Waals surface area contributed by atoms with Crippen LogP contribution in [0, 0.1) is 5.92 Å². The summed E-state index contributed by atoms with van der Waals surface area (Å²) in [5.41, 5.74) is 0. The maximum absolute atomic E-state index is 4.24. The molecule has 1 saturated heterocycles. The monoisotopic (exact) mass is 205 g/mol. The van der Waals surface area contributed by atoms with Crippen LogP contribution in [0.1, 0.15) is 12.8 Å². The van der Waals surface area contributed by atoms with Crippen molar-refractivity contribution in [2.24, 2.45) is 5.92 Å². The highest BCUT2D eigenvalue weighted by Crippen LogP contribution is 2.36. The molecule has 5 heteroatoms. The molecule has 1 saturated carbocycles. The van der Waals surface area contributed by atoms with Crippen molar-refractivity contribution in [1.82, 2.24) is 20.3 Å². The van der Waals surface area contributed by atoms with Crippen molar-refractivity contribution in [2.45, 2.75) is 18.9 Å². The quantitative estimate of drug-likeness (QED) is 0.740. The van der Waals surface area contributed by atoms with Crippen LogP contribution in [0.4, 0.5) is 5.95 Å². The van der Waals surface area contributed by atoms with Gasteiger partial charge in [-0.05, 0) is 18.8 Å². The number of hydrogen-bond donors (Lipinski definition) is 1. The molecule has 5 nitrogen and oxygen atoms in total. The largest absolute Gasteiger partial charge is 0.335 e. The third-order valence-corrected chi connectivity index (χ3v) is 3.19. The number of piperazine rings is 1. The highest BCUT2D eigenvalue weighted by Gasteiger charge is 2.37. The molecule has 1 N–H and O–H groups in total. The average molecular weight is 205 g/mol. The molecule has 1 aromatic heterocycles. The van der Waals surface area contributed by atoms with Crippen molar-refractivity contribution >= 4 is 5.95 Å². The lowest BCUT2D eigenvalue weighted by molar-refractivity contribution is 0.433. The van der Waals surface area contributed by atoms with Gasteiger partial charge in [-0.2, -0.15) is 0 Å². The van der Waals surface area contributed by atoms with Crippen LogP contribution in [0.15, 0.2) is 12.7 Å². The molecular weight excluding hydrogens is 190 g/mol. The lowest BCUT2D eigenvalue weighted by atomic mass is 10.1. The van der Waals surface area contributed by atoms with E-state index in [4.69, 9.17) is 0 Å². The van der Waals surface area contributed by atoms with E-state index in [1.165, 1.54) is 12.8 Å². The summed E-state index contributed by atoms with van der Waals surface area (Å²) in [5.74, 6) is 1.68. The third kappa shape index (κ3) is 1.79. The topological polar surface area (TPSA) is 53.9 Å². The van der Waals surface area contributed by atoms with Gasteiger partial charge in [0.2, 0.25) is 5.95 Å². The number of rotatable bonds is 2. The van der Waals surface area contributed by atoms with Gasteiger partial charge in [-0.3, -0.25) is 0 Å². The zero-order valence-corrected chi connectivity index (χ0v) is 8.63. The van der Waals surface area contributed by atoms with E-state index >= 15 is 0 Å². The van der Waals surface area contributed by atoms with E-state index in [1.54, 1.807) is 12.7 Å². The van der Waals surface area contributed by atoms with Gasteiger partial charge >= 0.3 is 0 Å². The zero-order valence-electron chi connectivity index (χ0n) is 8.63. The Morgan fingerprint density at radius 3 is 2.80 bits per heavy atom. The molecule has 1 aliphatic heterocycles. The van der Waals surface area contributed by atoms with Crippen LogP contribution >= 0.6 is 0 Å². The molecule has 80 valence electrons. The van der Waals surface area contributed by atoms with Crippen molar-refractivity contribution in [2.75, 3.05) is 24.5 Å². The first kappa shape index (κ1) is 9.03. The first-order chi connectivity index (χ1) is 7.45. The minimum Gasteiger partial charge on any atom is -0.335 e. The van der Waals surface area contributed by atoms with Gasteiger partial charge in [0, 0.05) is 25.7 Å². The maximum Gasteiger partial charge on any atom is 0.228 e. The van der Waals surface area contributed by atoms with Crippen molar-refractivity contribution in [3.63, 3.8) is 0 Å². The van der Waals surface area contributed by atoms with Crippen LogP contribution < -0.4 is 10.2 Å². The Kier molecular flexibility index (Phi) is 2.25. The second-order valence-electron chi connectivity index (χ2n) is 4.24. The predicted octanol–water partition coefficient (Wildman–Crippen LogP) is 0.0598. The summed E-state index contributed by atoms with van der Waals surface area (Å²) in [7, 11) is 0. The van der Waals surface area contributed by atoms with Crippen molar-refractivity contribution in [1.29, 1.82) is 0 Å². The Bertz CT molecular complexity index is 324. The van der Waals surface area contributed by atoms with Crippen LogP contribution in [-0.2, 0) is 0 Å². The standard InChI is InChI=1S/C10H15N5/c1-2-8(1)9-5-11-3-4-15(9)10-13-6-12-7-14-10/h6-9,11H,1-5H2. The molecule has 1 aliphatic carbocycles. The molecule has 0 radical (unpaired) electrons. The van der Waals surface area contributed by atoms with Gasteiger partial charge in [-0.25, -0.2) is 15.0 Å². The molecule has 2 aliphatic rings. The first-order valence-electron chi connectivity index (χ1n) is 5.54. The van der Waals surface area contributed by atoms with E-state index in [0.29, 0.717) is 6.04 Å². The minimum absolute atomic E-state index is 0.584. The Morgan fingerprint density at radius 1 is 1.27 bits per heavy atom. The van der Waals surface area contributed by atoms with Crippen LogP contribution in [0.3, 0.4) is 0 Å². The highest BCUT2D eigenvalue weighted by molar-refractivity contribution is 5.32. The Morgan fingerprint density at radius 2 is 2.07 bits per heavy atom. The van der Waals surface area contributed by atoms with Gasteiger partial charge in [0.05, 0.1) is 0 Å². The van der Waals surface area contributed by atoms with E-state index in [1.807, 2.05) is 0 Å². The summed E-state index contributed by atoms with van der Waals surface area (Å²) >= 11 is 0. The fourth-order valence-electron chi connectivity index (χ4n) is 2.26. The molecule has 0 amide bonds. The summed E-state index contributed by atoms with van der Waals surface area (Å²) in [4.78, 5) is 14.7. The molecule has 0 aromatic carbocycles. The molecule has 2 heterocycles. The Labute approximate surface area is 88.9 Å². The molecular formula is C10H15N5. The van der Waals surface area contributed by atoms with Crippen molar-refractivity contribution in [3.05, 3.63) is 12.7 Å². The van der Waals surface area contributed by atoms with Gasteiger partial charge < -0.3 is 10.2 Å². The SMILES string of the molecule is c1ncnc(N2CCNCC2C2CC2)n1. The first-order valence-corrected chi connectivity index (χ1v) is 5.54. The molecule has 0 spiro atoms. The smallest absolute Gasteiger partial charge is 0.228 e. The van der Waals surface area contributed by atoms with E-state index in [0.717, 1.165) is 31.5 Å². The number of anilines is 1. The number of nitrogens with zero attached hydrogens (tertiary/aromatic N) is 4. The lowest BCUT2D eigenvalue weighted by Crippen LogP contribution is -2.53. The fraction of sp³-hybridized carbons (Fsp3) is 0.700. The van der Waals surface area contributed by atoms with Crippen LogP contribution in [0.2, 0.25) is 0 Å². The zero-order chi connectivity index (χ0) is 10.1. The third-order valence-electron chi connectivity index (χ3n) is 3.19. The summed E-state index contributed by atoms with van der Waals surface area (Å²) in [5, 5.41) is 3.44. The molecule has 1 atom stereocenters. The molecule has 0 bridgehead atoms. The molecule has 1 aromatic rings. The van der Waals surface area contributed by atoms with Crippen LogP contribution in [0.5, 0.6) is 0 Å². The van der Waals surface area contributed by atoms with E-state index in [-0.39, 0.29) is 0 Å². The van der Waals surface area contributed by atoms with E-state index in [2.05, 4.69) is 25.2 Å². The van der Waals surface area contributed by atoms with E-state index < -0.39 is 0 Å². The highest BCUT2D eigenvalue weighted by atomic mass is 15.3. The van der Waals surface area contributed by atoms with Crippen molar-refractivity contribution in [3.8, 4) is 0 Å². The Balaban J connectivity index is 1.82. The second kappa shape index (κ2) is 3.73. The second-order valence-corrected chi connectivity index (χ2v) is 4.24. The maximum atomic E-state index is 4.24. The Hall–Kier alpha value is -1.23. The summed E-state index contributed by atoms with van der Waals surface area (Å²) in [6.45, 7) is 3.09. The van der Waals surface area contributed by atoms with Gasteiger partial charge in [-0.1, -0.05) is 0 Å². The van der Waals surface area contributed by atoms with Crippen molar-refractivity contribution < 1.29 is 0 Å². The van der Waals surface area contributed by atoms with Gasteiger partial charge in [0.1, 0.15) is 12.7 Å². The molecule has 3 rings (SSSR count). The number of nitrogens with one attached hydrogen (secondary N) is 1. The minimum atomic E-state index is 0.584. The fourth-order valence-corrected chi connectivity index (χ4v) is 2.26. The molecule has 2 fully saturated rings. The molecule has 1 unspecified atom stereocenters. The van der Waals surface area contributed by atoms with E-state index in [9.17, 15) is 0 Å². The van der Waals surface area contributed by atoms with Gasteiger partial charge in [0.15, 0.2) is 0 Å². The number of hydrogen-bond acceptors (Lipinski definition) is 5. The normalized spacial score (nSPS) is 26.7. The summed E-state index contributed by atoms with van der Waals surface area (Å²) in [6.07, 6.45) is 5.87. The predicted molar refractivity (Wildman–Crippen MR) is 56.6 cm³/mol. The number of aromatic nitrogens is 3. The van der Waals surface area contributed by atoms with Crippen LogP contribution in [0.25, 0.3) is 0 Å². The van der Waals surface area contributed by atoms with Gasteiger partial charge in [-0.15, -0.1) is 0 Å². The lowest BCUT2D eigenvalue weighted by Gasteiger charge is -2.36. The summed E-state index contributed by atoms with van der Waals surface area (Å²) in [6, 6.07) is 0.584. The average Bonchev–Trinajstić information content (AvgIpc) is 3.14. The summed E-state index contributed by atoms with van der Waals surface area (Å²) < 4.78 is 0. The van der Waals surface area contributed by atoms with Gasteiger partial charge in [0.25, 0.3) is 0 Å². The molecule has 15 heavy (non-hydrogen) atoms.